The molecule has 1 aromatic rings. The van der Waals surface area contributed by atoms with E-state index in [9.17, 15) is 14.7 Å². The standard InChI is InChI=1S/C16H19NO4/c18-15(19)13-11-6-7-12(8-11)14(13)17-16(20)21-9-10-4-2-1-3-5-10/h1-5,11-14H,6-9H2,(H,17,20)(H,18,19)/t11-,12+,13-,14-/m1/s1. The number of carbonyl (C=O) groups excluding carboxylic acids is 1. The van der Waals surface area contributed by atoms with Gasteiger partial charge in [0.25, 0.3) is 0 Å². The number of carbonyl (C=O) groups is 2. The van der Waals surface area contributed by atoms with Crippen LogP contribution in [0.1, 0.15) is 24.8 Å². The van der Waals surface area contributed by atoms with E-state index in [1.807, 2.05) is 30.3 Å². The van der Waals surface area contributed by atoms with E-state index in [-0.39, 0.29) is 24.5 Å². The van der Waals surface area contributed by atoms with Crippen molar-refractivity contribution in [2.24, 2.45) is 17.8 Å². The number of ether oxygens (including phenoxy) is 1. The van der Waals surface area contributed by atoms with Crippen LogP contribution in [-0.2, 0) is 16.1 Å². The summed E-state index contributed by atoms with van der Waals surface area (Å²) in [7, 11) is 0. The summed E-state index contributed by atoms with van der Waals surface area (Å²) < 4.78 is 5.18. The Morgan fingerprint density at radius 1 is 1.19 bits per heavy atom. The Hall–Kier alpha value is -2.04. The third-order valence-corrected chi connectivity index (χ3v) is 4.70. The van der Waals surface area contributed by atoms with Gasteiger partial charge in [-0.3, -0.25) is 4.79 Å². The summed E-state index contributed by atoms with van der Waals surface area (Å²) in [4.78, 5) is 23.3. The number of fused-ring (bicyclic) bond motifs is 2. The monoisotopic (exact) mass is 289 g/mol. The van der Waals surface area contributed by atoms with Gasteiger partial charge in [-0.2, -0.15) is 0 Å². The molecule has 3 rings (SSSR count). The molecule has 2 aliphatic carbocycles. The first-order valence-corrected chi connectivity index (χ1v) is 7.35. The molecule has 2 bridgehead atoms. The van der Waals surface area contributed by atoms with Gasteiger partial charge in [0.05, 0.1) is 5.92 Å². The third kappa shape index (κ3) is 2.86. The van der Waals surface area contributed by atoms with Crippen LogP contribution in [0.5, 0.6) is 0 Å². The first-order chi connectivity index (χ1) is 10.1. The fourth-order valence-corrected chi connectivity index (χ4v) is 3.76. The molecule has 2 fully saturated rings. The van der Waals surface area contributed by atoms with Gasteiger partial charge in [-0.1, -0.05) is 30.3 Å². The van der Waals surface area contributed by atoms with Crippen LogP contribution < -0.4 is 5.32 Å². The lowest BCUT2D eigenvalue weighted by molar-refractivity contribution is -0.144. The van der Waals surface area contributed by atoms with E-state index in [1.54, 1.807) is 0 Å². The van der Waals surface area contributed by atoms with Crippen molar-refractivity contribution in [3.63, 3.8) is 0 Å². The van der Waals surface area contributed by atoms with Crippen molar-refractivity contribution in [1.29, 1.82) is 0 Å². The molecule has 0 heterocycles. The van der Waals surface area contributed by atoms with Gasteiger partial charge < -0.3 is 15.2 Å². The van der Waals surface area contributed by atoms with Crippen molar-refractivity contribution in [3.8, 4) is 0 Å². The van der Waals surface area contributed by atoms with Gasteiger partial charge in [-0.05, 0) is 36.7 Å². The molecular formula is C16H19NO4. The third-order valence-electron chi connectivity index (χ3n) is 4.70. The molecule has 0 aromatic heterocycles. The van der Waals surface area contributed by atoms with Gasteiger partial charge >= 0.3 is 12.1 Å². The average Bonchev–Trinajstić information content (AvgIpc) is 3.07. The number of carboxylic acids is 1. The number of hydrogen-bond acceptors (Lipinski definition) is 3. The summed E-state index contributed by atoms with van der Waals surface area (Å²) in [5.41, 5.74) is 0.912. The highest BCUT2D eigenvalue weighted by Crippen LogP contribution is 2.48. The minimum atomic E-state index is -0.810. The molecule has 21 heavy (non-hydrogen) atoms. The highest BCUT2D eigenvalue weighted by molar-refractivity contribution is 5.74. The van der Waals surface area contributed by atoms with E-state index in [4.69, 9.17) is 4.74 Å². The highest BCUT2D eigenvalue weighted by atomic mass is 16.5. The molecule has 1 amide bonds. The summed E-state index contributed by atoms with van der Waals surface area (Å²) in [5, 5.41) is 12.1. The number of rotatable bonds is 4. The number of alkyl carbamates (subject to hydrolysis) is 1. The Bertz CT molecular complexity index is 530. The molecule has 0 saturated heterocycles. The zero-order valence-electron chi connectivity index (χ0n) is 11.7. The number of aliphatic carboxylic acids is 1. The molecule has 0 radical (unpaired) electrons. The number of nitrogens with one attached hydrogen (secondary N) is 1. The van der Waals surface area contributed by atoms with Crippen molar-refractivity contribution in [1.82, 2.24) is 5.32 Å². The predicted octanol–water partition coefficient (Wildman–Crippen LogP) is 2.41. The smallest absolute Gasteiger partial charge is 0.407 e. The van der Waals surface area contributed by atoms with Crippen LogP contribution in [0.15, 0.2) is 30.3 Å². The Labute approximate surface area is 123 Å². The van der Waals surface area contributed by atoms with Gasteiger partial charge in [0, 0.05) is 6.04 Å². The van der Waals surface area contributed by atoms with Crippen LogP contribution >= 0.6 is 0 Å². The highest BCUT2D eigenvalue weighted by Gasteiger charge is 2.51. The van der Waals surface area contributed by atoms with Crippen LogP contribution in [0.3, 0.4) is 0 Å². The maximum atomic E-state index is 11.9. The average molecular weight is 289 g/mol. The van der Waals surface area contributed by atoms with Gasteiger partial charge in [-0.15, -0.1) is 0 Å². The first-order valence-electron chi connectivity index (χ1n) is 7.35. The van der Waals surface area contributed by atoms with E-state index >= 15 is 0 Å². The molecule has 0 spiro atoms. The van der Waals surface area contributed by atoms with Crippen molar-refractivity contribution in [2.45, 2.75) is 31.9 Å². The maximum Gasteiger partial charge on any atom is 0.407 e. The predicted molar refractivity (Wildman–Crippen MR) is 75.5 cm³/mol. The van der Waals surface area contributed by atoms with Crippen LogP contribution in [0.4, 0.5) is 4.79 Å². The Morgan fingerprint density at radius 3 is 2.62 bits per heavy atom. The Kier molecular flexibility index (Phi) is 3.82. The fraction of sp³-hybridized carbons (Fsp3) is 0.500. The normalized spacial score (nSPS) is 30.1. The molecule has 5 heteroatoms. The second-order valence-corrected chi connectivity index (χ2v) is 5.93. The summed E-state index contributed by atoms with van der Waals surface area (Å²) in [6, 6.07) is 9.14. The molecular weight excluding hydrogens is 270 g/mol. The van der Waals surface area contributed by atoms with Crippen LogP contribution in [0.25, 0.3) is 0 Å². The van der Waals surface area contributed by atoms with Gasteiger partial charge in [0.2, 0.25) is 0 Å². The number of carboxylic acid groups (broad SMARTS) is 1. The molecule has 4 atom stereocenters. The van der Waals surface area contributed by atoms with Crippen LogP contribution in [0.2, 0.25) is 0 Å². The fourth-order valence-electron chi connectivity index (χ4n) is 3.76. The lowest BCUT2D eigenvalue weighted by Gasteiger charge is -2.28. The zero-order chi connectivity index (χ0) is 14.8. The molecule has 0 aliphatic heterocycles. The number of amides is 1. The second kappa shape index (κ2) is 5.76. The summed E-state index contributed by atoms with van der Waals surface area (Å²) >= 11 is 0. The van der Waals surface area contributed by atoms with E-state index in [0.29, 0.717) is 0 Å². The molecule has 2 aliphatic rings. The van der Waals surface area contributed by atoms with Crippen molar-refractivity contribution >= 4 is 12.1 Å². The summed E-state index contributed by atoms with van der Waals surface area (Å²) in [6.07, 6.45) is 2.33. The van der Waals surface area contributed by atoms with Crippen molar-refractivity contribution < 1.29 is 19.4 Å². The lowest BCUT2D eigenvalue weighted by Crippen LogP contribution is -2.46. The van der Waals surface area contributed by atoms with Crippen LogP contribution in [-0.4, -0.2) is 23.2 Å². The molecule has 2 saturated carbocycles. The SMILES string of the molecule is O=C(N[C@@H]1[C@H]2CC[C@H](C2)[C@H]1C(=O)O)OCc1ccccc1. The topological polar surface area (TPSA) is 75.6 Å². The Morgan fingerprint density at radius 2 is 1.90 bits per heavy atom. The van der Waals surface area contributed by atoms with E-state index < -0.39 is 18.0 Å². The van der Waals surface area contributed by atoms with E-state index in [2.05, 4.69) is 5.32 Å². The quantitative estimate of drug-likeness (QED) is 0.892. The minimum absolute atomic E-state index is 0.200. The van der Waals surface area contributed by atoms with Gasteiger partial charge in [0.1, 0.15) is 6.61 Å². The molecule has 2 N–H and O–H groups in total. The summed E-state index contributed by atoms with van der Waals surface area (Å²) in [6.45, 7) is 0.200. The molecule has 112 valence electrons. The molecule has 1 aromatic carbocycles. The van der Waals surface area contributed by atoms with Gasteiger partial charge in [-0.25, -0.2) is 4.79 Å². The van der Waals surface area contributed by atoms with E-state index in [0.717, 1.165) is 24.8 Å². The van der Waals surface area contributed by atoms with Gasteiger partial charge in [0.15, 0.2) is 0 Å². The lowest BCUT2D eigenvalue weighted by atomic mass is 9.84. The van der Waals surface area contributed by atoms with Crippen LogP contribution in [0, 0.1) is 17.8 Å². The minimum Gasteiger partial charge on any atom is -0.481 e. The maximum absolute atomic E-state index is 11.9. The molecule has 5 nitrogen and oxygen atoms in total. The van der Waals surface area contributed by atoms with E-state index in [1.165, 1.54) is 0 Å². The molecule has 0 unspecified atom stereocenters. The number of benzene rings is 1. The summed E-state index contributed by atoms with van der Waals surface area (Å²) in [5.74, 6) is -0.795. The second-order valence-electron chi connectivity index (χ2n) is 5.93. The largest absolute Gasteiger partial charge is 0.481 e. The Balaban J connectivity index is 1.56. The zero-order valence-corrected chi connectivity index (χ0v) is 11.7. The number of hydrogen-bond donors (Lipinski definition) is 2. The van der Waals surface area contributed by atoms with Crippen molar-refractivity contribution in [2.75, 3.05) is 0 Å². The first kappa shape index (κ1) is 13.9. The van der Waals surface area contributed by atoms with Crippen molar-refractivity contribution in [3.05, 3.63) is 35.9 Å².